The number of hydrogen-bond acceptors (Lipinski definition) is 4. The summed E-state index contributed by atoms with van der Waals surface area (Å²) in [6, 6.07) is 3.68. The Labute approximate surface area is 135 Å². The van der Waals surface area contributed by atoms with E-state index in [1.165, 1.54) is 16.7 Å². The molecule has 0 spiro atoms. The second kappa shape index (κ2) is 4.79. The average molecular weight is 335 g/mol. The monoisotopic (exact) mass is 334 g/mol. The summed E-state index contributed by atoms with van der Waals surface area (Å²) in [4.78, 5) is 12.1. The zero-order valence-electron chi connectivity index (χ0n) is 12.4. The molecule has 0 amide bonds. The first-order valence-corrected chi connectivity index (χ1v) is 7.40. The first kappa shape index (κ1) is 14.2. The number of aromatic nitrogens is 4. The predicted octanol–water partition coefficient (Wildman–Crippen LogP) is 2.21. The summed E-state index contributed by atoms with van der Waals surface area (Å²) in [7, 11) is 1.76. The largest absolute Gasteiger partial charge is 0.442 e. The number of halogens is 2. The van der Waals surface area contributed by atoms with Crippen molar-refractivity contribution in [3.8, 4) is 0 Å². The van der Waals surface area contributed by atoms with Gasteiger partial charge in [-0.05, 0) is 19.1 Å². The molecule has 3 heterocycles. The number of rotatable bonds is 1. The zero-order valence-corrected chi connectivity index (χ0v) is 13.1. The highest BCUT2D eigenvalue weighted by Gasteiger charge is 2.37. The Morgan fingerprint density at radius 3 is 2.96 bits per heavy atom. The number of fused-ring (bicyclic) bond motifs is 2. The topological polar surface area (TPSA) is 65.8 Å². The van der Waals surface area contributed by atoms with Crippen LogP contribution in [0.5, 0.6) is 0 Å². The molecule has 0 bridgehead atoms. The fraction of sp³-hybridized carbons (Fsp3) is 0.267. The van der Waals surface area contributed by atoms with Crippen LogP contribution in [0.25, 0.3) is 0 Å². The molecule has 6 nitrogen and oxygen atoms in total. The molecule has 1 aromatic carbocycles. The molecule has 1 unspecified atom stereocenters. The van der Waals surface area contributed by atoms with Crippen molar-refractivity contribution < 1.29 is 8.91 Å². The van der Waals surface area contributed by atoms with Crippen LogP contribution in [0.1, 0.15) is 34.4 Å². The van der Waals surface area contributed by atoms with Gasteiger partial charge in [-0.25, -0.2) is 13.8 Å². The minimum absolute atomic E-state index is 0.213. The van der Waals surface area contributed by atoms with Crippen LogP contribution in [-0.2, 0) is 13.5 Å². The maximum atomic E-state index is 14.5. The minimum Gasteiger partial charge on any atom is -0.296 e. The lowest BCUT2D eigenvalue weighted by atomic mass is 9.93. The van der Waals surface area contributed by atoms with Gasteiger partial charge in [0.15, 0.2) is 5.82 Å². The summed E-state index contributed by atoms with van der Waals surface area (Å²) in [5.41, 5.74) is 2.64. The maximum Gasteiger partial charge on any atom is 0.442 e. The van der Waals surface area contributed by atoms with Gasteiger partial charge in [0.2, 0.25) is 0 Å². The van der Waals surface area contributed by atoms with Gasteiger partial charge < -0.3 is 0 Å². The molecule has 118 valence electrons. The van der Waals surface area contributed by atoms with Crippen molar-refractivity contribution in [2.24, 2.45) is 7.05 Å². The number of hydrogen-bond donors (Lipinski definition) is 0. The van der Waals surface area contributed by atoms with E-state index in [2.05, 4.69) is 10.3 Å². The van der Waals surface area contributed by atoms with E-state index in [-0.39, 0.29) is 10.6 Å². The SMILES string of the molecule is Cc1nn(C)c2c1Cc1noc(=O)n1C2c1c(F)cccc1Cl. The van der Waals surface area contributed by atoms with Gasteiger partial charge in [0.1, 0.15) is 11.9 Å². The Balaban J connectivity index is 2.10. The summed E-state index contributed by atoms with van der Waals surface area (Å²) >= 11 is 6.24. The zero-order chi connectivity index (χ0) is 16.3. The van der Waals surface area contributed by atoms with E-state index in [1.807, 2.05) is 6.92 Å². The van der Waals surface area contributed by atoms with Gasteiger partial charge in [0.05, 0.1) is 11.4 Å². The summed E-state index contributed by atoms with van der Waals surface area (Å²) in [5.74, 6) is -0.704. The van der Waals surface area contributed by atoms with Crippen molar-refractivity contribution in [1.82, 2.24) is 19.5 Å². The van der Waals surface area contributed by atoms with Gasteiger partial charge in [-0.1, -0.05) is 22.8 Å². The number of benzene rings is 1. The summed E-state index contributed by atoms with van der Waals surface area (Å²) < 4.78 is 22.3. The molecule has 0 saturated carbocycles. The maximum absolute atomic E-state index is 14.5. The van der Waals surface area contributed by atoms with E-state index in [9.17, 15) is 9.18 Å². The Hall–Kier alpha value is -2.41. The van der Waals surface area contributed by atoms with Crippen LogP contribution < -0.4 is 5.76 Å². The molecule has 0 N–H and O–H groups in total. The highest BCUT2D eigenvalue weighted by Crippen LogP contribution is 2.39. The Morgan fingerprint density at radius 1 is 1.43 bits per heavy atom. The molecule has 1 aliphatic rings. The first-order chi connectivity index (χ1) is 11.0. The third-order valence-electron chi connectivity index (χ3n) is 4.22. The minimum atomic E-state index is -0.757. The van der Waals surface area contributed by atoms with Gasteiger partial charge in [0, 0.05) is 29.6 Å². The molecule has 0 saturated heterocycles. The van der Waals surface area contributed by atoms with Gasteiger partial charge in [-0.15, -0.1) is 0 Å². The van der Waals surface area contributed by atoms with E-state index in [0.717, 1.165) is 11.3 Å². The van der Waals surface area contributed by atoms with Gasteiger partial charge in [-0.3, -0.25) is 9.20 Å². The molecule has 0 radical (unpaired) electrons. The Morgan fingerprint density at radius 2 is 2.22 bits per heavy atom. The van der Waals surface area contributed by atoms with Gasteiger partial charge in [0.25, 0.3) is 0 Å². The standard InChI is InChI=1S/C15H12ClFN4O2/c1-7-8-6-11-19-23-15(22)21(11)14(13(8)20(2)18-7)12-9(16)4-3-5-10(12)17/h3-5,14H,6H2,1-2H3. The highest BCUT2D eigenvalue weighted by molar-refractivity contribution is 6.31. The fourth-order valence-corrected chi connectivity index (χ4v) is 3.52. The van der Waals surface area contributed by atoms with Crippen molar-refractivity contribution in [2.45, 2.75) is 19.4 Å². The quantitative estimate of drug-likeness (QED) is 0.535. The summed E-state index contributed by atoms with van der Waals surface area (Å²) in [6.45, 7) is 1.87. The lowest BCUT2D eigenvalue weighted by molar-refractivity contribution is 0.371. The van der Waals surface area contributed by atoms with Crippen molar-refractivity contribution in [3.63, 3.8) is 0 Å². The van der Waals surface area contributed by atoms with Crippen molar-refractivity contribution >= 4 is 11.6 Å². The van der Waals surface area contributed by atoms with E-state index < -0.39 is 17.6 Å². The smallest absolute Gasteiger partial charge is 0.296 e. The summed E-state index contributed by atoms with van der Waals surface area (Å²) in [6.07, 6.45) is 0.406. The van der Waals surface area contributed by atoms with Crippen LogP contribution in [0.4, 0.5) is 4.39 Å². The molecule has 0 fully saturated rings. The van der Waals surface area contributed by atoms with Crippen molar-refractivity contribution in [2.75, 3.05) is 0 Å². The van der Waals surface area contributed by atoms with Crippen LogP contribution in [0.3, 0.4) is 0 Å². The molecule has 2 aromatic heterocycles. The van der Waals surface area contributed by atoms with E-state index in [4.69, 9.17) is 16.1 Å². The Kier molecular flexibility index (Phi) is 2.96. The lowest BCUT2D eigenvalue weighted by Gasteiger charge is -2.26. The predicted molar refractivity (Wildman–Crippen MR) is 80.2 cm³/mol. The number of aryl methyl sites for hydroxylation is 2. The van der Waals surface area contributed by atoms with Crippen LogP contribution in [0.2, 0.25) is 5.02 Å². The molecule has 3 aromatic rings. The molecule has 0 aliphatic carbocycles. The van der Waals surface area contributed by atoms with Crippen molar-refractivity contribution in [3.05, 3.63) is 67.9 Å². The van der Waals surface area contributed by atoms with Crippen LogP contribution in [0, 0.1) is 12.7 Å². The summed E-state index contributed by atoms with van der Waals surface area (Å²) in [5, 5.41) is 8.45. The first-order valence-electron chi connectivity index (χ1n) is 7.02. The van der Waals surface area contributed by atoms with E-state index in [0.29, 0.717) is 17.9 Å². The van der Waals surface area contributed by atoms with Crippen LogP contribution in [-0.4, -0.2) is 19.5 Å². The third-order valence-corrected chi connectivity index (χ3v) is 4.55. The van der Waals surface area contributed by atoms with Gasteiger partial charge >= 0.3 is 5.76 Å². The molecule has 1 aliphatic heterocycles. The molecule has 23 heavy (non-hydrogen) atoms. The normalized spacial score (nSPS) is 16.3. The molecule has 1 atom stereocenters. The highest BCUT2D eigenvalue weighted by atomic mass is 35.5. The third kappa shape index (κ3) is 1.89. The van der Waals surface area contributed by atoms with E-state index >= 15 is 0 Å². The van der Waals surface area contributed by atoms with Crippen LogP contribution in [0.15, 0.2) is 27.5 Å². The number of nitrogens with zero attached hydrogens (tertiary/aromatic N) is 4. The second-order valence-electron chi connectivity index (χ2n) is 5.52. The second-order valence-corrected chi connectivity index (χ2v) is 5.93. The molecule has 8 heteroatoms. The Bertz CT molecular complexity index is 968. The molecule has 4 rings (SSSR count). The fourth-order valence-electron chi connectivity index (χ4n) is 3.26. The van der Waals surface area contributed by atoms with E-state index in [1.54, 1.807) is 17.8 Å². The van der Waals surface area contributed by atoms with Crippen molar-refractivity contribution in [1.29, 1.82) is 0 Å². The molecular weight excluding hydrogens is 323 g/mol. The lowest BCUT2D eigenvalue weighted by Crippen LogP contribution is -2.31. The molecular formula is C15H12ClFN4O2. The average Bonchev–Trinajstić information content (AvgIpc) is 3.00. The van der Waals surface area contributed by atoms with Gasteiger partial charge in [-0.2, -0.15) is 5.10 Å². The van der Waals surface area contributed by atoms with Crippen LogP contribution >= 0.6 is 11.6 Å².